The summed E-state index contributed by atoms with van der Waals surface area (Å²) in [6.07, 6.45) is 0.902. The number of fused-ring (bicyclic) bond motifs is 1. The SMILES string of the molecule is Nc1nc(NCCc2ccccc2)cc(-c2ccc3c(N)n[nH]c3c2)n1. The number of benzene rings is 2. The molecule has 0 aliphatic heterocycles. The van der Waals surface area contributed by atoms with Gasteiger partial charge in [-0.05, 0) is 24.1 Å². The summed E-state index contributed by atoms with van der Waals surface area (Å²) in [4.78, 5) is 8.62. The van der Waals surface area contributed by atoms with Crippen molar-refractivity contribution in [1.29, 1.82) is 0 Å². The summed E-state index contributed by atoms with van der Waals surface area (Å²) < 4.78 is 0. The Bertz CT molecular complexity index is 1040. The molecule has 0 saturated carbocycles. The van der Waals surface area contributed by atoms with Gasteiger partial charge in [-0.3, -0.25) is 5.10 Å². The van der Waals surface area contributed by atoms with Crippen molar-refractivity contribution in [2.45, 2.75) is 6.42 Å². The molecule has 0 aliphatic rings. The maximum absolute atomic E-state index is 5.89. The van der Waals surface area contributed by atoms with Gasteiger partial charge >= 0.3 is 0 Å². The second kappa shape index (κ2) is 6.72. The predicted molar refractivity (Wildman–Crippen MR) is 105 cm³/mol. The Balaban J connectivity index is 1.55. The Morgan fingerprint density at radius 2 is 1.81 bits per heavy atom. The first kappa shape index (κ1) is 15.9. The maximum Gasteiger partial charge on any atom is 0.222 e. The second-order valence-electron chi connectivity index (χ2n) is 6.03. The largest absolute Gasteiger partial charge is 0.382 e. The number of nitrogen functional groups attached to an aromatic ring is 2. The van der Waals surface area contributed by atoms with E-state index in [1.807, 2.05) is 42.5 Å². The van der Waals surface area contributed by atoms with Crippen LogP contribution in [0, 0.1) is 0 Å². The van der Waals surface area contributed by atoms with Crippen LogP contribution in [0.1, 0.15) is 5.56 Å². The summed E-state index contributed by atoms with van der Waals surface area (Å²) >= 11 is 0. The molecule has 6 N–H and O–H groups in total. The molecule has 4 rings (SSSR count). The van der Waals surface area contributed by atoms with Gasteiger partial charge in [-0.25, -0.2) is 4.98 Å². The minimum absolute atomic E-state index is 0.230. The van der Waals surface area contributed by atoms with Crippen LogP contribution in [0.2, 0.25) is 0 Å². The number of nitrogens with zero attached hydrogens (tertiary/aromatic N) is 3. The van der Waals surface area contributed by atoms with Crippen LogP contribution in [0.5, 0.6) is 0 Å². The van der Waals surface area contributed by atoms with Gasteiger partial charge in [-0.1, -0.05) is 36.4 Å². The summed E-state index contributed by atoms with van der Waals surface area (Å²) in [7, 11) is 0. The van der Waals surface area contributed by atoms with Crippen molar-refractivity contribution >= 4 is 28.5 Å². The van der Waals surface area contributed by atoms with Crippen molar-refractivity contribution in [3.63, 3.8) is 0 Å². The van der Waals surface area contributed by atoms with Gasteiger partial charge in [0.1, 0.15) is 5.82 Å². The smallest absolute Gasteiger partial charge is 0.222 e. The normalized spacial score (nSPS) is 10.9. The summed E-state index contributed by atoms with van der Waals surface area (Å²) in [5.41, 5.74) is 15.5. The molecule has 0 fully saturated rings. The molecule has 26 heavy (non-hydrogen) atoms. The number of hydrogen-bond acceptors (Lipinski definition) is 6. The minimum Gasteiger partial charge on any atom is -0.382 e. The van der Waals surface area contributed by atoms with Crippen LogP contribution in [0.15, 0.2) is 54.6 Å². The zero-order valence-corrected chi connectivity index (χ0v) is 14.1. The lowest BCUT2D eigenvalue weighted by atomic mass is 10.1. The first-order valence-electron chi connectivity index (χ1n) is 8.35. The highest BCUT2D eigenvalue weighted by molar-refractivity contribution is 5.91. The second-order valence-corrected chi connectivity index (χ2v) is 6.03. The summed E-state index contributed by atoms with van der Waals surface area (Å²) in [6, 6.07) is 18.0. The highest BCUT2D eigenvalue weighted by Crippen LogP contribution is 2.26. The van der Waals surface area contributed by atoms with E-state index >= 15 is 0 Å². The molecule has 130 valence electrons. The highest BCUT2D eigenvalue weighted by Gasteiger charge is 2.08. The van der Waals surface area contributed by atoms with Crippen LogP contribution in [0.4, 0.5) is 17.6 Å². The van der Waals surface area contributed by atoms with E-state index in [0.29, 0.717) is 11.6 Å². The molecule has 7 nitrogen and oxygen atoms in total. The predicted octanol–water partition coefficient (Wildman–Crippen LogP) is 2.84. The minimum atomic E-state index is 0.230. The molecule has 7 heteroatoms. The van der Waals surface area contributed by atoms with Crippen molar-refractivity contribution in [3.8, 4) is 11.3 Å². The van der Waals surface area contributed by atoms with E-state index in [2.05, 4.69) is 37.6 Å². The number of nitrogens with one attached hydrogen (secondary N) is 2. The fourth-order valence-corrected chi connectivity index (χ4v) is 2.88. The third-order valence-electron chi connectivity index (χ3n) is 4.19. The number of anilines is 3. The van der Waals surface area contributed by atoms with Gasteiger partial charge in [-0.15, -0.1) is 0 Å². The number of hydrogen-bond donors (Lipinski definition) is 4. The molecule has 0 radical (unpaired) electrons. The van der Waals surface area contributed by atoms with Gasteiger partial charge in [-0.2, -0.15) is 10.1 Å². The van der Waals surface area contributed by atoms with Crippen molar-refractivity contribution in [1.82, 2.24) is 20.2 Å². The van der Waals surface area contributed by atoms with E-state index in [1.165, 1.54) is 5.56 Å². The van der Waals surface area contributed by atoms with E-state index in [0.717, 1.165) is 35.1 Å². The quantitative estimate of drug-likeness (QED) is 0.442. The van der Waals surface area contributed by atoms with Crippen LogP contribution in [0.25, 0.3) is 22.2 Å². The lowest BCUT2D eigenvalue weighted by Gasteiger charge is -2.09. The zero-order valence-electron chi connectivity index (χ0n) is 14.1. The van der Waals surface area contributed by atoms with Crippen molar-refractivity contribution in [2.75, 3.05) is 23.3 Å². The molecule has 0 spiro atoms. The molecule has 0 saturated heterocycles. The molecular weight excluding hydrogens is 326 g/mol. The van der Waals surface area contributed by atoms with E-state index in [9.17, 15) is 0 Å². The summed E-state index contributed by atoms with van der Waals surface area (Å²) in [5.74, 6) is 1.42. The van der Waals surface area contributed by atoms with E-state index in [1.54, 1.807) is 0 Å². The molecule has 4 aromatic rings. The first-order chi connectivity index (χ1) is 12.7. The number of aromatic amines is 1. The van der Waals surface area contributed by atoms with Crippen LogP contribution < -0.4 is 16.8 Å². The third kappa shape index (κ3) is 3.27. The summed E-state index contributed by atoms with van der Waals surface area (Å²) in [5, 5.41) is 11.1. The molecule has 0 atom stereocenters. The van der Waals surface area contributed by atoms with Gasteiger partial charge in [0.2, 0.25) is 5.95 Å². The maximum atomic E-state index is 5.89. The van der Waals surface area contributed by atoms with Crippen molar-refractivity contribution in [2.24, 2.45) is 0 Å². The Hall–Kier alpha value is -3.61. The topological polar surface area (TPSA) is 119 Å². The molecule has 2 heterocycles. The Morgan fingerprint density at radius 3 is 2.65 bits per heavy atom. The Kier molecular flexibility index (Phi) is 4.10. The number of H-pyrrole nitrogens is 1. The van der Waals surface area contributed by atoms with Gasteiger partial charge in [0, 0.05) is 23.6 Å². The van der Waals surface area contributed by atoms with E-state index in [4.69, 9.17) is 11.5 Å². The standard InChI is InChI=1S/C19H19N7/c20-18-14-7-6-13(10-16(14)25-26-18)15-11-17(24-19(21)23-15)22-9-8-12-4-2-1-3-5-12/h1-7,10-11H,8-9H2,(H3,20,25,26)(H3,21,22,23,24). The number of rotatable bonds is 5. The average Bonchev–Trinajstić information content (AvgIpc) is 3.03. The van der Waals surface area contributed by atoms with E-state index in [-0.39, 0.29) is 5.95 Å². The van der Waals surface area contributed by atoms with E-state index < -0.39 is 0 Å². The van der Waals surface area contributed by atoms with Crippen LogP contribution in [-0.4, -0.2) is 26.7 Å². The van der Waals surface area contributed by atoms with Crippen molar-refractivity contribution in [3.05, 3.63) is 60.2 Å². The van der Waals surface area contributed by atoms with Gasteiger partial charge in [0.15, 0.2) is 5.82 Å². The summed E-state index contributed by atoms with van der Waals surface area (Å²) in [6.45, 7) is 0.760. The zero-order chi connectivity index (χ0) is 17.9. The lowest BCUT2D eigenvalue weighted by Crippen LogP contribution is -2.08. The molecule has 0 bridgehead atoms. The fourth-order valence-electron chi connectivity index (χ4n) is 2.88. The number of aromatic nitrogens is 4. The highest BCUT2D eigenvalue weighted by atomic mass is 15.1. The van der Waals surface area contributed by atoms with Crippen LogP contribution >= 0.6 is 0 Å². The Morgan fingerprint density at radius 1 is 0.962 bits per heavy atom. The molecule has 0 unspecified atom stereocenters. The molecule has 0 amide bonds. The number of nitrogens with two attached hydrogens (primary N) is 2. The van der Waals surface area contributed by atoms with Gasteiger partial charge in [0.25, 0.3) is 0 Å². The fraction of sp³-hybridized carbons (Fsp3) is 0.105. The van der Waals surface area contributed by atoms with Crippen LogP contribution in [-0.2, 0) is 6.42 Å². The van der Waals surface area contributed by atoms with Gasteiger partial charge in [0.05, 0.1) is 11.2 Å². The molecule has 0 aliphatic carbocycles. The lowest BCUT2D eigenvalue weighted by molar-refractivity contribution is 1.00. The molecule has 2 aromatic heterocycles. The molecular formula is C19H19N7. The van der Waals surface area contributed by atoms with Crippen LogP contribution in [0.3, 0.4) is 0 Å². The Labute approximate surface area is 150 Å². The van der Waals surface area contributed by atoms with Crippen molar-refractivity contribution < 1.29 is 0 Å². The average molecular weight is 345 g/mol. The molecule has 2 aromatic carbocycles. The monoisotopic (exact) mass is 345 g/mol. The van der Waals surface area contributed by atoms with Gasteiger partial charge < -0.3 is 16.8 Å². The first-order valence-corrected chi connectivity index (χ1v) is 8.35. The third-order valence-corrected chi connectivity index (χ3v) is 4.19.